The first kappa shape index (κ1) is 22.7. The Morgan fingerprint density at radius 1 is 1.12 bits per heavy atom. The minimum atomic E-state index is -0.653. The van der Waals surface area contributed by atoms with Gasteiger partial charge in [-0.15, -0.1) is 5.10 Å². The summed E-state index contributed by atoms with van der Waals surface area (Å²) in [6.45, 7) is 6.20. The number of halogens is 1. The van der Waals surface area contributed by atoms with Gasteiger partial charge in [0.1, 0.15) is 0 Å². The van der Waals surface area contributed by atoms with Gasteiger partial charge in [0, 0.05) is 51.2 Å². The molecule has 9 nitrogen and oxygen atoms in total. The quantitative estimate of drug-likeness (QED) is 0.740. The number of hydrogen-bond acceptors (Lipinski definition) is 6. The molecule has 0 unspecified atom stereocenters. The van der Waals surface area contributed by atoms with E-state index >= 15 is 0 Å². The minimum absolute atomic E-state index is 0.0183. The van der Waals surface area contributed by atoms with Crippen LogP contribution < -0.4 is 0 Å². The van der Waals surface area contributed by atoms with Crippen LogP contribution in [-0.2, 0) is 4.79 Å². The van der Waals surface area contributed by atoms with Gasteiger partial charge < -0.3 is 14.9 Å². The first-order chi connectivity index (χ1) is 15.3. The van der Waals surface area contributed by atoms with Crippen LogP contribution in [0.3, 0.4) is 0 Å². The topological polar surface area (TPSA) is 94.8 Å². The van der Waals surface area contributed by atoms with Crippen LogP contribution in [0.4, 0.5) is 0 Å². The first-order valence-corrected chi connectivity index (χ1v) is 11.3. The molecule has 1 saturated heterocycles. The summed E-state index contributed by atoms with van der Waals surface area (Å²) < 4.78 is 1.61. The average Bonchev–Trinajstić information content (AvgIpc) is 3.36. The highest BCUT2D eigenvalue weighted by Crippen LogP contribution is 2.30. The molecular weight excluding hydrogens is 432 g/mol. The predicted octanol–water partition coefficient (Wildman–Crippen LogP) is 1.36. The third-order valence-corrected chi connectivity index (χ3v) is 7.01. The zero-order chi connectivity index (χ0) is 23.0. The minimum Gasteiger partial charge on any atom is -0.389 e. The number of likely N-dealkylation sites (N-methyl/N-ethyl adjacent to an activating group) is 1. The van der Waals surface area contributed by atoms with Crippen LogP contribution in [0.2, 0.25) is 5.02 Å². The highest BCUT2D eigenvalue weighted by Gasteiger charge is 2.43. The number of carbonyl (C=O) groups is 2. The van der Waals surface area contributed by atoms with Crippen molar-refractivity contribution in [2.45, 2.75) is 44.9 Å². The van der Waals surface area contributed by atoms with Gasteiger partial charge in [0.05, 0.1) is 23.5 Å². The summed E-state index contributed by atoms with van der Waals surface area (Å²) in [5.41, 5.74) is 1.67. The van der Waals surface area contributed by atoms with Crippen molar-refractivity contribution >= 4 is 23.4 Å². The zero-order valence-corrected chi connectivity index (χ0v) is 19.4. The lowest BCUT2D eigenvalue weighted by Gasteiger charge is -2.39. The lowest BCUT2D eigenvalue weighted by atomic mass is 10.1. The van der Waals surface area contributed by atoms with E-state index in [1.165, 1.54) is 0 Å². The molecule has 0 bridgehead atoms. The predicted molar refractivity (Wildman–Crippen MR) is 120 cm³/mol. The van der Waals surface area contributed by atoms with E-state index in [2.05, 4.69) is 15.2 Å². The van der Waals surface area contributed by atoms with Gasteiger partial charge in [-0.2, -0.15) is 0 Å². The second kappa shape index (κ2) is 9.17. The summed E-state index contributed by atoms with van der Waals surface area (Å²) in [6.07, 6.45) is 0.866. The summed E-state index contributed by atoms with van der Waals surface area (Å²) in [5.74, 6) is -0.171. The molecule has 2 aliphatic rings. The fraction of sp³-hybridized carbons (Fsp3) is 0.545. The Labute approximate surface area is 192 Å². The molecule has 0 radical (unpaired) electrons. The van der Waals surface area contributed by atoms with Crippen LogP contribution in [0, 0.1) is 6.92 Å². The normalized spacial score (nSPS) is 24.0. The second-order valence-electron chi connectivity index (χ2n) is 8.57. The van der Waals surface area contributed by atoms with Crippen molar-refractivity contribution in [1.82, 2.24) is 29.7 Å². The number of amides is 2. The van der Waals surface area contributed by atoms with E-state index in [9.17, 15) is 14.7 Å². The Kier molecular flexibility index (Phi) is 6.50. The molecule has 0 spiro atoms. The Balaban J connectivity index is 1.43. The number of piperazine rings is 1. The molecule has 1 aromatic heterocycles. The standard InChI is InChI=1S/C22H29ClN6O3/c1-14-20(24-25-29(14)17-6-4-16(23)5-7-17)22(32)26(3)18-8-9-19(21(18)31)28-12-10-27(11-13-28)15(2)30/h4-7,18-19,21,31H,8-13H2,1-3H3/t18-,19-,21-/m1/s1. The maximum absolute atomic E-state index is 13.2. The molecule has 1 aliphatic carbocycles. The lowest BCUT2D eigenvalue weighted by Crippen LogP contribution is -2.55. The highest BCUT2D eigenvalue weighted by atomic mass is 35.5. The summed E-state index contributed by atoms with van der Waals surface area (Å²) in [4.78, 5) is 30.5. The van der Waals surface area contributed by atoms with Crippen LogP contribution in [0.25, 0.3) is 5.69 Å². The Morgan fingerprint density at radius 3 is 2.41 bits per heavy atom. The van der Waals surface area contributed by atoms with E-state index < -0.39 is 6.10 Å². The molecule has 4 rings (SSSR count). The summed E-state index contributed by atoms with van der Waals surface area (Å²) in [6, 6.07) is 6.85. The molecule has 2 aromatic rings. The van der Waals surface area contributed by atoms with Crippen LogP contribution in [0.15, 0.2) is 24.3 Å². The maximum atomic E-state index is 13.2. The smallest absolute Gasteiger partial charge is 0.276 e. The summed E-state index contributed by atoms with van der Waals surface area (Å²) in [5, 5.41) is 19.9. The third-order valence-electron chi connectivity index (χ3n) is 6.76. The second-order valence-corrected chi connectivity index (χ2v) is 9.01. The van der Waals surface area contributed by atoms with Gasteiger partial charge in [0.2, 0.25) is 5.91 Å². The van der Waals surface area contributed by atoms with Gasteiger partial charge in [0.25, 0.3) is 5.91 Å². The van der Waals surface area contributed by atoms with Crippen molar-refractivity contribution in [1.29, 1.82) is 0 Å². The van der Waals surface area contributed by atoms with Gasteiger partial charge >= 0.3 is 0 Å². The van der Waals surface area contributed by atoms with Crippen molar-refractivity contribution in [3.8, 4) is 5.69 Å². The molecule has 1 saturated carbocycles. The van der Waals surface area contributed by atoms with Crippen molar-refractivity contribution in [2.24, 2.45) is 0 Å². The Bertz CT molecular complexity index is 986. The van der Waals surface area contributed by atoms with Gasteiger partial charge in [-0.1, -0.05) is 16.8 Å². The fourth-order valence-corrected chi connectivity index (χ4v) is 4.93. The van der Waals surface area contributed by atoms with E-state index in [0.29, 0.717) is 30.2 Å². The van der Waals surface area contributed by atoms with Crippen molar-refractivity contribution in [3.05, 3.63) is 40.7 Å². The Hall–Kier alpha value is -2.49. The van der Waals surface area contributed by atoms with Crippen LogP contribution in [0.5, 0.6) is 0 Å². The molecule has 10 heteroatoms. The SMILES string of the molecule is CC(=O)N1CCN([C@@H]2CC[C@@H](N(C)C(=O)c3nnn(-c4ccc(Cl)cc4)c3C)[C@H]2O)CC1. The number of hydrogen-bond donors (Lipinski definition) is 1. The maximum Gasteiger partial charge on any atom is 0.276 e. The van der Waals surface area contributed by atoms with Gasteiger partial charge in [-0.3, -0.25) is 14.5 Å². The number of aliphatic hydroxyl groups excluding tert-OH is 1. The van der Waals surface area contributed by atoms with E-state index in [-0.39, 0.29) is 29.6 Å². The average molecular weight is 461 g/mol. The molecular formula is C22H29ClN6O3. The highest BCUT2D eigenvalue weighted by molar-refractivity contribution is 6.30. The largest absolute Gasteiger partial charge is 0.389 e. The molecule has 32 heavy (non-hydrogen) atoms. The number of benzene rings is 1. The van der Waals surface area contributed by atoms with E-state index in [4.69, 9.17) is 11.6 Å². The van der Waals surface area contributed by atoms with Crippen LogP contribution >= 0.6 is 11.6 Å². The van der Waals surface area contributed by atoms with E-state index in [0.717, 1.165) is 25.2 Å². The van der Waals surface area contributed by atoms with Crippen LogP contribution in [-0.4, -0.2) is 98.0 Å². The molecule has 172 valence electrons. The number of rotatable bonds is 4. The molecule has 1 aliphatic heterocycles. The van der Waals surface area contributed by atoms with Crippen molar-refractivity contribution in [3.63, 3.8) is 0 Å². The molecule has 2 amide bonds. The van der Waals surface area contributed by atoms with Crippen LogP contribution in [0.1, 0.15) is 35.9 Å². The van der Waals surface area contributed by atoms with Gasteiger partial charge in [-0.25, -0.2) is 4.68 Å². The zero-order valence-electron chi connectivity index (χ0n) is 18.6. The van der Waals surface area contributed by atoms with Gasteiger partial charge in [-0.05, 0) is 44.0 Å². The Morgan fingerprint density at radius 2 is 1.78 bits per heavy atom. The lowest BCUT2D eigenvalue weighted by molar-refractivity contribution is -0.131. The number of nitrogens with zero attached hydrogens (tertiary/aromatic N) is 6. The number of aliphatic hydroxyl groups is 1. The van der Waals surface area contributed by atoms with Gasteiger partial charge in [0.15, 0.2) is 5.69 Å². The monoisotopic (exact) mass is 460 g/mol. The van der Waals surface area contributed by atoms with Crippen molar-refractivity contribution in [2.75, 3.05) is 33.2 Å². The molecule has 1 N–H and O–H groups in total. The van der Waals surface area contributed by atoms with E-state index in [1.54, 1.807) is 42.6 Å². The number of carbonyl (C=O) groups excluding carboxylic acids is 2. The third kappa shape index (κ3) is 4.24. The molecule has 2 heterocycles. The number of aromatic nitrogens is 3. The van der Waals surface area contributed by atoms with Crippen molar-refractivity contribution < 1.29 is 14.7 Å². The summed E-state index contributed by atoms with van der Waals surface area (Å²) in [7, 11) is 1.72. The molecule has 1 aromatic carbocycles. The molecule has 2 fully saturated rings. The summed E-state index contributed by atoms with van der Waals surface area (Å²) >= 11 is 5.96. The van der Waals surface area contributed by atoms with E-state index in [1.807, 2.05) is 17.0 Å². The first-order valence-electron chi connectivity index (χ1n) is 10.9. The molecule has 3 atom stereocenters. The fourth-order valence-electron chi connectivity index (χ4n) is 4.80.